The zero-order chi connectivity index (χ0) is 12.0. The van der Waals surface area contributed by atoms with Gasteiger partial charge in [-0.05, 0) is 6.42 Å². The molecule has 1 aliphatic rings. The fourth-order valence-corrected chi connectivity index (χ4v) is 3.61. The van der Waals surface area contributed by atoms with Crippen LogP contribution in [-0.2, 0) is 13.3 Å². The lowest BCUT2D eigenvalue weighted by molar-refractivity contribution is -0.482. The number of hydrogen-bond donors (Lipinski definition) is 0. The highest BCUT2D eigenvalue weighted by molar-refractivity contribution is 6.60. The Morgan fingerprint density at radius 3 is 2.31 bits per heavy atom. The van der Waals surface area contributed by atoms with Gasteiger partial charge < -0.3 is 13.3 Å². The monoisotopic (exact) mass is 247 g/mol. The van der Waals surface area contributed by atoms with Crippen LogP contribution in [0.3, 0.4) is 0 Å². The Labute approximate surface area is 99.0 Å². The minimum absolute atomic E-state index is 0.866. The Kier molecular flexibility index (Phi) is 5.40. The van der Waals surface area contributed by atoms with E-state index in [0.717, 1.165) is 32.1 Å². The van der Waals surface area contributed by atoms with Crippen LogP contribution in [-0.4, -0.2) is 72.6 Å². The van der Waals surface area contributed by atoms with Gasteiger partial charge in [0, 0.05) is 27.4 Å². The zero-order valence-electron chi connectivity index (χ0n) is 10.7. The van der Waals surface area contributed by atoms with Crippen molar-refractivity contribution < 1.29 is 17.9 Å². The van der Waals surface area contributed by atoms with Crippen LogP contribution in [0.15, 0.2) is 0 Å². The van der Waals surface area contributed by atoms with Gasteiger partial charge in [-0.3, -0.25) is 9.48 Å². The van der Waals surface area contributed by atoms with Crippen molar-refractivity contribution in [1.82, 2.24) is 4.90 Å². The van der Waals surface area contributed by atoms with E-state index in [2.05, 4.69) is 22.9 Å². The average molecular weight is 247 g/mol. The van der Waals surface area contributed by atoms with Crippen LogP contribution in [0.2, 0.25) is 6.04 Å². The molecule has 0 aromatic rings. The first kappa shape index (κ1) is 13.6. The Balaban J connectivity index is 2.28. The lowest BCUT2D eigenvalue weighted by atomic mass is 10.4. The largest absolute Gasteiger partial charge is 0.500 e. The third-order valence-corrected chi connectivity index (χ3v) is 5.79. The van der Waals surface area contributed by atoms with E-state index in [0.29, 0.717) is 0 Å². The van der Waals surface area contributed by atoms with Crippen LogP contribution in [0.5, 0.6) is 0 Å². The highest BCUT2D eigenvalue weighted by Gasteiger charge is 2.37. The fraction of sp³-hybridized carbons (Fsp3) is 0.900. The predicted molar refractivity (Wildman–Crippen MR) is 64.9 cm³/mol. The molecule has 0 aromatic heterocycles. The fourth-order valence-electron chi connectivity index (χ4n) is 1.90. The molecule has 0 saturated heterocycles. The number of nitrogens with zero attached hydrogens (tertiary/aromatic N) is 2. The van der Waals surface area contributed by atoms with Gasteiger partial charge in [-0.1, -0.05) is 0 Å². The van der Waals surface area contributed by atoms with Crippen LogP contribution >= 0.6 is 0 Å². The SMILES string of the molecule is CO[Si](CCCN1C=[N+](C)CC1)(OC)OC. The first-order chi connectivity index (χ1) is 7.65. The summed E-state index contributed by atoms with van der Waals surface area (Å²) in [7, 11) is 4.72. The zero-order valence-corrected chi connectivity index (χ0v) is 11.7. The van der Waals surface area contributed by atoms with Gasteiger partial charge in [-0.2, -0.15) is 0 Å². The highest BCUT2D eigenvalue weighted by atomic mass is 28.4. The van der Waals surface area contributed by atoms with Crippen LogP contribution in [0.25, 0.3) is 0 Å². The second-order valence-corrected chi connectivity index (χ2v) is 7.12. The Morgan fingerprint density at radius 2 is 1.88 bits per heavy atom. The molecule has 0 saturated carbocycles. The van der Waals surface area contributed by atoms with Crippen LogP contribution < -0.4 is 0 Å². The molecule has 5 nitrogen and oxygen atoms in total. The van der Waals surface area contributed by atoms with E-state index in [4.69, 9.17) is 13.3 Å². The van der Waals surface area contributed by atoms with Gasteiger partial charge in [-0.15, -0.1) is 0 Å². The molecular weight excluding hydrogens is 224 g/mol. The second kappa shape index (κ2) is 6.34. The molecule has 1 aliphatic heterocycles. The Bertz CT molecular complexity index is 236. The smallest absolute Gasteiger partial charge is 0.377 e. The van der Waals surface area contributed by atoms with E-state index >= 15 is 0 Å². The standard InChI is InChI=1S/C10H23N2O3Si/c1-11-7-8-12(10-11)6-5-9-16(13-2,14-3)15-4/h10H,5-9H2,1-4H3/q+1. The lowest BCUT2D eigenvalue weighted by Gasteiger charge is -2.24. The quantitative estimate of drug-likeness (QED) is 0.477. The molecule has 0 aliphatic carbocycles. The third-order valence-electron chi connectivity index (χ3n) is 2.96. The molecular formula is C10H23N2O3Si+. The van der Waals surface area contributed by atoms with E-state index in [1.165, 1.54) is 0 Å². The normalized spacial score (nSPS) is 16.8. The van der Waals surface area contributed by atoms with Crippen molar-refractivity contribution in [3.8, 4) is 0 Å². The number of hydrogen-bond acceptors (Lipinski definition) is 4. The van der Waals surface area contributed by atoms with Crippen molar-refractivity contribution >= 4 is 15.1 Å². The average Bonchev–Trinajstić information content (AvgIpc) is 2.71. The molecule has 6 heteroatoms. The van der Waals surface area contributed by atoms with Crippen LogP contribution in [0.1, 0.15) is 6.42 Å². The van der Waals surface area contributed by atoms with Crippen molar-refractivity contribution in [1.29, 1.82) is 0 Å². The first-order valence-electron chi connectivity index (χ1n) is 5.60. The van der Waals surface area contributed by atoms with Crippen molar-refractivity contribution in [3.05, 3.63) is 0 Å². The Hall–Kier alpha value is -0.433. The summed E-state index contributed by atoms with van der Waals surface area (Å²) in [5, 5.41) is 0. The molecule has 0 radical (unpaired) electrons. The van der Waals surface area contributed by atoms with E-state index in [1.54, 1.807) is 21.3 Å². The van der Waals surface area contributed by atoms with E-state index in [9.17, 15) is 0 Å². The van der Waals surface area contributed by atoms with Gasteiger partial charge in [0.25, 0.3) is 0 Å². The molecule has 0 aromatic carbocycles. The van der Waals surface area contributed by atoms with Gasteiger partial charge in [0.1, 0.15) is 13.1 Å². The molecule has 0 spiro atoms. The maximum absolute atomic E-state index is 5.38. The number of rotatable bonds is 7. The minimum atomic E-state index is -2.36. The van der Waals surface area contributed by atoms with Crippen molar-refractivity contribution in [2.45, 2.75) is 12.5 Å². The van der Waals surface area contributed by atoms with Crippen molar-refractivity contribution in [3.63, 3.8) is 0 Å². The van der Waals surface area contributed by atoms with Crippen LogP contribution in [0.4, 0.5) is 0 Å². The van der Waals surface area contributed by atoms with Gasteiger partial charge in [0.15, 0.2) is 0 Å². The van der Waals surface area contributed by atoms with Crippen LogP contribution in [0, 0.1) is 0 Å². The summed E-state index contributed by atoms with van der Waals surface area (Å²) in [6, 6.07) is 0.866. The summed E-state index contributed by atoms with van der Waals surface area (Å²) in [6.45, 7) is 3.26. The molecule has 1 heterocycles. The van der Waals surface area contributed by atoms with E-state index < -0.39 is 8.80 Å². The molecule has 0 fully saturated rings. The molecule has 0 atom stereocenters. The van der Waals surface area contributed by atoms with E-state index in [-0.39, 0.29) is 0 Å². The third kappa shape index (κ3) is 3.55. The highest BCUT2D eigenvalue weighted by Crippen LogP contribution is 2.15. The summed E-state index contributed by atoms with van der Waals surface area (Å²) in [5.41, 5.74) is 0. The summed E-state index contributed by atoms with van der Waals surface area (Å²) in [6.07, 6.45) is 3.20. The molecule has 1 rings (SSSR count). The molecule has 0 bridgehead atoms. The summed E-state index contributed by atoms with van der Waals surface area (Å²) < 4.78 is 18.3. The van der Waals surface area contributed by atoms with Gasteiger partial charge in [0.05, 0.1) is 13.6 Å². The molecule has 0 N–H and O–H groups in total. The summed E-state index contributed by atoms with van der Waals surface area (Å²) in [4.78, 5) is 2.32. The summed E-state index contributed by atoms with van der Waals surface area (Å²) >= 11 is 0. The van der Waals surface area contributed by atoms with Gasteiger partial charge in [-0.25, -0.2) is 0 Å². The molecule has 0 unspecified atom stereocenters. The first-order valence-corrected chi connectivity index (χ1v) is 7.53. The maximum Gasteiger partial charge on any atom is 0.500 e. The minimum Gasteiger partial charge on any atom is -0.377 e. The second-order valence-electron chi connectivity index (χ2n) is 4.03. The number of likely N-dealkylation sites (N-methyl/N-ethyl adjacent to an activating group) is 1. The van der Waals surface area contributed by atoms with Crippen molar-refractivity contribution in [2.75, 3.05) is 48.0 Å². The molecule has 94 valence electrons. The topological polar surface area (TPSA) is 33.9 Å². The molecule has 16 heavy (non-hydrogen) atoms. The lowest BCUT2D eigenvalue weighted by Crippen LogP contribution is -2.43. The molecule has 0 amide bonds. The van der Waals surface area contributed by atoms with Gasteiger partial charge in [0.2, 0.25) is 6.34 Å². The predicted octanol–water partition coefficient (Wildman–Crippen LogP) is 0.241. The Morgan fingerprint density at radius 1 is 1.25 bits per heavy atom. The van der Waals surface area contributed by atoms with Crippen molar-refractivity contribution in [2.24, 2.45) is 0 Å². The van der Waals surface area contributed by atoms with Gasteiger partial charge >= 0.3 is 8.80 Å². The summed E-state index contributed by atoms with van der Waals surface area (Å²) in [5.74, 6) is 0. The van der Waals surface area contributed by atoms with E-state index in [1.807, 2.05) is 0 Å². The maximum atomic E-state index is 5.38.